The Morgan fingerprint density at radius 2 is 2.15 bits per heavy atom. The van der Waals surface area contributed by atoms with Gasteiger partial charge >= 0.3 is 0 Å². The minimum atomic E-state index is 0.308. The number of hydrogen-bond acceptors (Lipinski definition) is 2. The van der Waals surface area contributed by atoms with Crippen molar-refractivity contribution in [2.24, 2.45) is 5.41 Å². The molecule has 0 unspecified atom stereocenters. The van der Waals surface area contributed by atoms with Crippen LogP contribution in [0.5, 0.6) is 5.75 Å². The third kappa shape index (κ3) is 3.56. The zero-order valence-electron chi connectivity index (χ0n) is 12.5. The van der Waals surface area contributed by atoms with Crippen molar-refractivity contribution in [1.82, 2.24) is 5.32 Å². The minimum absolute atomic E-state index is 0.308. The van der Waals surface area contributed by atoms with Crippen LogP contribution >= 0.6 is 15.9 Å². The van der Waals surface area contributed by atoms with Crippen LogP contribution in [0.4, 0.5) is 0 Å². The molecule has 0 bridgehead atoms. The smallest absolute Gasteiger partial charge is 0.125 e. The molecule has 1 fully saturated rings. The summed E-state index contributed by atoms with van der Waals surface area (Å²) in [6.45, 7) is 6.70. The van der Waals surface area contributed by atoms with Crippen LogP contribution in [0.25, 0.3) is 0 Å². The fourth-order valence-corrected chi connectivity index (χ4v) is 3.54. The van der Waals surface area contributed by atoms with Crippen molar-refractivity contribution in [2.45, 2.75) is 52.0 Å². The molecular weight excluding hydrogens is 314 g/mol. The van der Waals surface area contributed by atoms with Gasteiger partial charge < -0.3 is 10.1 Å². The summed E-state index contributed by atoms with van der Waals surface area (Å²) in [5.41, 5.74) is 3.03. The van der Waals surface area contributed by atoms with Crippen molar-refractivity contribution in [3.8, 4) is 5.75 Å². The molecule has 1 heterocycles. The summed E-state index contributed by atoms with van der Waals surface area (Å²) in [6, 6.07) is 5.25. The molecule has 0 saturated heterocycles. The predicted octanol–water partition coefficient (Wildman–Crippen LogP) is 4.09. The second-order valence-corrected chi connectivity index (χ2v) is 7.89. The molecule has 0 radical (unpaired) electrons. The number of rotatable bonds is 6. The lowest BCUT2D eigenvalue weighted by Crippen LogP contribution is -2.25. The second kappa shape index (κ2) is 5.69. The fraction of sp³-hybridized carbons (Fsp3) is 0.647. The Morgan fingerprint density at radius 3 is 2.90 bits per heavy atom. The van der Waals surface area contributed by atoms with Gasteiger partial charge in [-0.3, -0.25) is 0 Å². The molecule has 1 N–H and O–H groups in total. The van der Waals surface area contributed by atoms with Crippen molar-refractivity contribution in [3.63, 3.8) is 0 Å². The fourth-order valence-electron chi connectivity index (χ4n) is 2.98. The number of fused-ring (bicyclic) bond motifs is 1. The van der Waals surface area contributed by atoms with Crippen LogP contribution < -0.4 is 10.1 Å². The highest BCUT2D eigenvalue weighted by Gasteiger charge is 2.26. The van der Waals surface area contributed by atoms with Gasteiger partial charge in [-0.05, 0) is 60.9 Å². The van der Waals surface area contributed by atoms with Crippen LogP contribution in [0.2, 0.25) is 0 Å². The quantitative estimate of drug-likeness (QED) is 0.843. The predicted molar refractivity (Wildman–Crippen MR) is 86.5 cm³/mol. The van der Waals surface area contributed by atoms with Gasteiger partial charge in [-0.25, -0.2) is 0 Å². The van der Waals surface area contributed by atoms with Crippen molar-refractivity contribution >= 4 is 15.9 Å². The maximum absolute atomic E-state index is 5.85. The SMILES string of the molecule is CC(C)(CCNC1CC1)Cc1cc(Br)cc2c1OCC2. The summed E-state index contributed by atoms with van der Waals surface area (Å²) in [4.78, 5) is 0. The van der Waals surface area contributed by atoms with Crippen molar-refractivity contribution in [1.29, 1.82) is 0 Å². The van der Waals surface area contributed by atoms with Gasteiger partial charge in [0.15, 0.2) is 0 Å². The Hall–Kier alpha value is -0.540. The molecule has 20 heavy (non-hydrogen) atoms. The highest BCUT2D eigenvalue weighted by Crippen LogP contribution is 2.37. The average Bonchev–Trinajstić information content (AvgIpc) is 3.04. The van der Waals surface area contributed by atoms with Gasteiger partial charge in [0.1, 0.15) is 5.75 Å². The lowest BCUT2D eigenvalue weighted by molar-refractivity contribution is 0.311. The molecule has 110 valence electrons. The molecule has 0 spiro atoms. The second-order valence-electron chi connectivity index (χ2n) is 6.97. The zero-order valence-corrected chi connectivity index (χ0v) is 14.1. The molecule has 1 aliphatic heterocycles. The maximum atomic E-state index is 5.85. The van der Waals surface area contributed by atoms with E-state index in [1.807, 2.05) is 0 Å². The lowest BCUT2D eigenvalue weighted by Gasteiger charge is -2.26. The third-order valence-electron chi connectivity index (χ3n) is 4.31. The molecule has 0 aromatic heterocycles. The number of benzene rings is 1. The normalized spacial score (nSPS) is 17.9. The Kier molecular flexibility index (Phi) is 4.09. The molecule has 0 amide bonds. The summed E-state index contributed by atoms with van der Waals surface area (Å²) in [7, 11) is 0. The Morgan fingerprint density at radius 1 is 1.35 bits per heavy atom. The molecule has 1 aromatic rings. The van der Waals surface area contributed by atoms with Crippen molar-refractivity contribution in [2.75, 3.05) is 13.2 Å². The molecule has 3 heteroatoms. The van der Waals surface area contributed by atoms with Gasteiger partial charge in [0, 0.05) is 16.9 Å². The van der Waals surface area contributed by atoms with Gasteiger partial charge in [-0.15, -0.1) is 0 Å². The number of hydrogen-bond donors (Lipinski definition) is 1. The summed E-state index contributed by atoms with van der Waals surface area (Å²) in [5, 5.41) is 3.62. The van der Waals surface area contributed by atoms with Crippen LogP contribution in [-0.4, -0.2) is 19.2 Å². The molecule has 2 aliphatic rings. The summed E-state index contributed by atoms with van der Waals surface area (Å²) in [5.74, 6) is 1.15. The van der Waals surface area contributed by atoms with Crippen LogP contribution in [-0.2, 0) is 12.8 Å². The summed E-state index contributed by atoms with van der Waals surface area (Å²) in [6.07, 6.45) is 6.08. The lowest BCUT2D eigenvalue weighted by atomic mass is 9.82. The Balaban J connectivity index is 1.66. The van der Waals surface area contributed by atoms with Crippen LogP contribution in [0.3, 0.4) is 0 Å². The Labute approximate surface area is 130 Å². The van der Waals surface area contributed by atoms with E-state index < -0.39 is 0 Å². The van der Waals surface area contributed by atoms with E-state index in [1.165, 1.54) is 34.9 Å². The van der Waals surface area contributed by atoms with Gasteiger partial charge in [0.2, 0.25) is 0 Å². The monoisotopic (exact) mass is 337 g/mol. The molecule has 1 saturated carbocycles. The first-order chi connectivity index (χ1) is 9.53. The average molecular weight is 338 g/mol. The molecule has 3 rings (SSSR count). The number of halogens is 1. The highest BCUT2D eigenvalue weighted by molar-refractivity contribution is 9.10. The summed E-state index contributed by atoms with van der Waals surface area (Å²) < 4.78 is 7.03. The van der Waals surface area contributed by atoms with Crippen molar-refractivity contribution < 1.29 is 4.74 Å². The van der Waals surface area contributed by atoms with E-state index in [4.69, 9.17) is 4.74 Å². The first-order valence-corrected chi connectivity index (χ1v) is 8.50. The van der Waals surface area contributed by atoms with E-state index in [0.29, 0.717) is 5.41 Å². The third-order valence-corrected chi connectivity index (χ3v) is 4.76. The highest BCUT2D eigenvalue weighted by atomic mass is 79.9. The Bertz CT molecular complexity index is 494. The zero-order chi connectivity index (χ0) is 14.2. The van der Waals surface area contributed by atoms with E-state index in [1.54, 1.807) is 0 Å². The van der Waals surface area contributed by atoms with Crippen molar-refractivity contribution in [3.05, 3.63) is 27.7 Å². The van der Waals surface area contributed by atoms with Crippen LogP contribution in [0.1, 0.15) is 44.2 Å². The molecule has 2 nitrogen and oxygen atoms in total. The van der Waals surface area contributed by atoms with E-state index in [2.05, 4.69) is 47.2 Å². The van der Waals surface area contributed by atoms with Gasteiger partial charge in [0.25, 0.3) is 0 Å². The first kappa shape index (κ1) is 14.4. The van der Waals surface area contributed by atoms with E-state index in [9.17, 15) is 0 Å². The summed E-state index contributed by atoms with van der Waals surface area (Å²) >= 11 is 3.64. The van der Waals surface area contributed by atoms with Gasteiger partial charge in [-0.2, -0.15) is 0 Å². The molecule has 0 atom stereocenters. The molecule has 1 aromatic carbocycles. The topological polar surface area (TPSA) is 21.3 Å². The molecular formula is C17H24BrNO. The first-order valence-electron chi connectivity index (χ1n) is 7.71. The van der Waals surface area contributed by atoms with E-state index in [-0.39, 0.29) is 0 Å². The minimum Gasteiger partial charge on any atom is -0.493 e. The maximum Gasteiger partial charge on any atom is 0.125 e. The largest absolute Gasteiger partial charge is 0.493 e. The number of nitrogens with one attached hydrogen (secondary N) is 1. The van der Waals surface area contributed by atoms with Gasteiger partial charge in [-0.1, -0.05) is 29.8 Å². The van der Waals surface area contributed by atoms with Crippen LogP contribution in [0, 0.1) is 5.41 Å². The van der Waals surface area contributed by atoms with E-state index in [0.717, 1.165) is 37.8 Å². The number of ether oxygens (including phenoxy) is 1. The molecule has 1 aliphatic carbocycles. The standard InChI is InChI=1S/C17H24BrNO/c1-17(2,6-7-19-15-3-4-15)11-13-10-14(18)9-12-5-8-20-16(12)13/h9-10,15,19H,3-8,11H2,1-2H3. The van der Waals surface area contributed by atoms with E-state index >= 15 is 0 Å². The van der Waals surface area contributed by atoms with Crippen LogP contribution in [0.15, 0.2) is 16.6 Å². The van der Waals surface area contributed by atoms with Gasteiger partial charge in [0.05, 0.1) is 6.61 Å².